The lowest BCUT2D eigenvalue weighted by atomic mass is 10.2. The van der Waals surface area contributed by atoms with Crippen molar-refractivity contribution in [1.29, 1.82) is 0 Å². The van der Waals surface area contributed by atoms with Crippen molar-refractivity contribution in [2.24, 2.45) is 0 Å². The van der Waals surface area contributed by atoms with Gasteiger partial charge in [0.1, 0.15) is 5.82 Å². The second kappa shape index (κ2) is 10.3. The smallest absolute Gasteiger partial charge is 0.262 e. The number of carbonyl (C=O) groups excluding carboxylic acids is 1. The van der Waals surface area contributed by atoms with E-state index in [0.29, 0.717) is 24.7 Å². The van der Waals surface area contributed by atoms with Crippen molar-refractivity contribution in [1.82, 2.24) is 0 Å². The van der Waals surface area contributed by atoms with Crippen molar-refractivity contribution < 1.29 is 18.7 Å². The molecular formula is C24H25FN2O3. The second-order valence-corrected chi connectivity index (χ2v) is 6.78. The highest BCUT2D eigenvalue weighted by Crippen LogP contribution is 2.29. The summed E-state index contributed by atoms with van der Waals surface area (Å²) in [6.07, 6.45) is 0. The molecule has 0 saturated carbocycles. The fraction of sp³-hybridized carbons (Fsp3) is 0.208. The molecule has 0 aliphatic carbocycles. The van der Waals surface area contributed by atoms with Gasteiger partial charge in [0.15, 0.2) is 18.1 Å². The fourth-order valence-corrected chi connectivity index (χ4v) is 2.89. The minimum Gasteiger partial charge on any atom is -0.490 e. The van der Waals surface area contributed by atoms with Crippen LogP contribution in [-0.4, -0.2) is 19.1 Å². The molecule has 3 aromatic rings. The normalized spacial score (nSPS) is 10.4. The Balaban J connectivity index is 1.59. The molecule has 0 heterocycles. The maximum Gasteiger partial charge on any atom is 0.262 e. The van der Waals surface area contributed by atoms with Crippen LogP contribution in [0.2, 0.25) is 0 Å². The number of benzene rings is 3. The van der Waals surface area contributed by atoms with Crippen LogP contribution in [0.4, 0.5) is 15.8 Å². The van der Waals surface area contributed by atoms with Crippen LogP contribution >= 0.6 is 0 Å². The second-order valence-electron chi connectivity index (χ2n) is 6.78. The topological polar surface area (TPSA) is 59.6 Å². The molecule has 0 aromatic heterocycles. The number of hydrogen-bond acceptors (Lipinski definition) is 4. The van der Waals surface area contributed by atoms with Crippen LogP contribution in [0.3, 0.4) is 0 Å². The van der Waals surface area contributed by atoms with Crippen LogP contribution in [0.25, 0.3) is 0 Å². The number of halogens is 1. The maximum atomic E-state index is 13.0. The molecule has 0 radical (unpaired) electrons. The third-order valence-corrected chi connectivity index (χ3v) is 4.31. The summed E-state index contributed by atoms with van der Waals surface area (Å²) >= 11 is 0. The number of ether oxygens (including phenoxy) is 2. The number of amides is 1. The first-order chi connectivity index (χ1) is 14.5. The van der Waals surface area contributed by atoms with Gasteiger partial charge in [0, 0.05) is 17.9 Å². The van der Waals surface area contributed by atoms with Gasteiger partial charge in [-0.2, -0.15) is 0 Å². The third kappa shape index (κ3) is 6.24. The molecule has 3 rings (SSSR count). The Hall–Kier alpha value is -3.54. The van der Waals surface area contributed by atoms with Gasteiger partial charge < -0.3 is 20.1 Å². The Labute approximate surface area is 175 Å². The molecule has 0 atom stereocenters. The molecule has 0 fully saturated rings. The van der Waals surface area contributed by atoms with E-state index in [1.165, 1.54) is 12.1 Å². The molecule has 3 aromatic carbocycles. The number of rotatable bonds is 9. The average molecular weight is 408 g/mol. The summed E-state index contributed by atoms with van der Waals surface area (Å²) in [4.78, 5) is 12.2. The van der Waals surface area contributed by atoms with Crippen LogP contribution in [0.15, 0.2) is 66.7 Å². The molecule has 0 bridgehead atoms. The van der Waals surface area contributed by atoms with Crippen LogP contribution in [-0.2, 0) is 11.3 Å². The molecule has 0 saturated heterocycles. The fourth-order valence-electron chi connectivity index (χ4n) is 2.89. The monoisotopic (exact) mass is 408 g/mol. The van der Waals surface area contributed by atoms with Crippen molar-refractivity contribution in [3.63, 3.8) is 0 Å². The number of aryl methyl sites for hydroxylation is 1. The van der Waals surface area contributed by atoms with Crippen LogP contribution in [0.1, 0.15) is 18.1 Å². The summed E-state index contributed by atoms with van der Waals surface area (Å²) in [7, 11) is 0. The van der Waals surface area contributed by atoms with Crippen molar-refractivity contribution in [2.75, 3.05) is 23.8 Å². The first-order valence-corrected chi connectivity index (χ1v) is 9.78. The van der Waals surface area contributed by atoms with Crippen molar-refractivity contribution in [3.05, 3.63) is 83.7 Å². The number of carbonyl (C=O) groups is 1. The van der Waals surface area contributed by atoms with E-state index in [0.717, 1.165) is 22.5 Å². The zero-order valence-corrected chi connectivity index (χ0v) is 17.1. The van der Waals surface area contributed by atoms with Crippen molar-refractivity contribution in [3.8, 4) is 11.5 Å². The number of nitrogens with one attached hydrogen (secondary N) is 2. The molecule has 156 valence electrons. The average Bonchev–Trinajstić information content (AvgIpc) is 2.73. The van der Waals surface area contributed by atoms with Gasteiger partial charge in [0.2, 0.25) is 0 Å². The van der Waals surface area contributed by atoms with Gasteiger partial charge in [-0.25, -0.2) is 4.39 Å². The standard InChI is InChI=1S/C24H25FN2O3/c1-3-29-23-14-18(15-26-20-10-8-19(25)9-11-20)7-12-22(23)30-16-24(28)27-21-6-4-5-17(2)13-21/h4-14,26H,3,15-16H2,1-2H3,(H,27,28). The van der Waals surface area contributed by atoms with Gasteiger partial charge in [0.25, 0.3) is 5.91 Å². The van der Waals surface area contributed by atoms with E-state index >= 15 is 0 Å². The molecule has 2 N–H and O–H groups in total. The number of anilines is 2. The van der Waals surface area contributed by atoms with E-state index in [1.54, 1.807) is 18.2 Å². The summed E-state index contributed by atoms with van der Waals surface area (Å²) in [6.45, 7) is 4.74. The van der Waals surface area contributed by atoms with E-state index < -0.39 is 0 Å². The highest BCUT2D eigenvalue weighted by Gasteiger charge is 2.10. The summed E-state index contributed by atoms with van der Waals surface area (Å²) in [5.74, 6) is 0.554. The molecule has 5 nitrogen and oxygen atoms in total. The van der Waals surface area contributed by atoms with E-state index in [1.807, 2.05) is 50.2 Å². The summed E-state index contributed by atoms with van der Waals surface area (Å²) in [5.41, 5.74) is 3.59. The molecule has 30 heavy (non-hydrogen) atoms. The number of hydrogen-bond donors (Lipinski definition) is 2. The maximum absolute atomic E-state index is 13.0. The van der Waals surface area contributed by atoms with Crippen LogP contribution in [0, 0.1) is 12.7 Å². The van der Waals surface area contributed by atoms with Gasteiger partial charge in [0.05, 0.1) is 6.61 Å². The Morgan fingerprint density at radius 1 is 0.933 bits per heavy atom. The predicted octanol–water partition coefficient (Wildman–Crippen LogP) is 5.16. The SMILES string of the molecule is CCOc1cc(CNc2ccc(F)cc2)ccc1OCC(=O)Nc1cccc(C)c1. The summed E-state index contributed by atoms with van der Waals surface area (Å²) in [5, 5.41) is 6.05. The van der Waals surface area contributed by atoms with Gasteiger partial charge in [-0.3, -0.25) is 4.79 Å². The zero-order valence-electron chi connectivity index (χ0n) is 17.1. The predicted molar refractivity (Wildman–Crippen MR) is 117 cm³/mol. The lowest BCUT2D eigenvalue weighted by molar-refractivity contribution is -0.118. The van der Waals surface area contributed by atoms with Gasteiger partial charge in [-0.15, -0.1) is 0 Å². The lowest BCUT2D eigenvalue weighted by Crippen LogP contribution is -2.20. The molecule has 6 heteroatoms. The van der Waals surface area contributed by atoms with E-state index in [-0.39, 0.29) is 18.3 Å². The van der Waals surface area contributed by atoms with Gasteiger partial charge in [-0.05, 0) is 73.5 Å². The molecular weight excluding hydrogens is 383 g/mol. The highest BCUT2D eigenvalue weighted by atomic mass is 19.1. The summed E-state index contributed by atoms with van der Waals surface area (Å²) < 4.78 is 24.4. The van der Waals surface area contributed by atoms with Crippen molar-refractivity contribution >= 4 is 17.3 Å². The zero-order chi connectivity index (χ0) is 21.3. The van der Waals surface area contributed by atoms with E-state index in [9.17, 15) is 9.18 Å². The Morgan fingerprint density at radius 2 is 1.73 bits per heavy atom. The van der Waals surface area contributed by atoms with Crippen molar-refractivity contribution in [2.45, 2.75) is 20.4 Å². The molecule has 1 amide bonds. The quantitative estimate of drug-likeness (QED) is 0.513. The first-order valence-electron chi connectivity index (χ1n) is 9.78. The van der Waals surface area contributed by atoms with E-state index in [4.69, 9.17) is 9.47 Å². The Kier molecular flexibility index (Phi) is 7.27. The summed E-state index contributed by atoms with van der Waals surface area (Å²) in [6, 6.07) is 19.3. The van der Waals surface area contributed by atoms with Crippen LogP contribution in [0.5, 0.6) is 11.5 Å². The lowest BCUT2D eigenvalue weighted by Gasteiger charge is -2.14. The van der Waals surface area contributed by atoms with Crippen LogP contribution < -0.4 is 20.1 Å². The van der Waals surface area contributed by atoms with Gasteiger partial charge in [-0.1, -0.05) is 18.2 Å². The molecule has 0 unspecified atom stereocenters. The highest BCUT2D eigenvalue weighted by molar-refractivity contribution is 5.91. The molecule has 0 aliphatic rings. The van der Waals surface area contributed by atoms with E-state index in [2.05, 4.69) is 10.6 Å². The minimum atomic E-state index is -0.271. The molecule has 0 aliphatic heterocycles. The minimum absolute atomic E-state index is 0.124. The van der Waals surface area contributed by atoms with Gasteiger partial charge >= 0.3 is 0 Å². The Morgan fingerprint density at radius 3 is 2.47 bits per heavy atom. The Bertz CT molecular complexity index is 990. The first kappa shape index (κ1) is 21.2. The molecule has 0 spiro atoms. The largest absolute Gasteiger partial charge is 0.490 e. The third-order valence-electron chi connectivity index (χ3n) is 4.31.